The van der Waals surface area contributed by atoms with Gasteiger partial charge in [-0.1, -0.05) is 0 Å². The lowest BCUT2D eigenvalue weighted by Crippen LogP contribution is -2.53. The third-order valence-electron chi connectivity index (χ3n) is 4.35. The van der Waals surface area contributed by atoms with E-state index in [1.807, 2.05) is 0 Å². The molecule has 0 bridgehead atoms. The maximum atomic E-state index is 13.2. The summed E-state index contributed by atoms with van der Waals surface area (Å²) in [5.74, 6) is -3.49. The van der Waals surface area contributed by atoms with Crippen LogP contribution < -0.4 is 5.32 Å². The molecule has 6 nitrogen and oxygen atoms in total. The number of nitrogens with zero attached hydrogens (tertiary/aromatic N) is 2. The van der Waals surface area contributed by atoms with Crippen LogP contribution in [0, 0.1) is 0 Å². The topological polar surface area (TPSA) is 69.7 Å². The van der Waals surface area contributed by atoms with Crippen molar-refractivity contribution in [3.63, 3.8) is 0 Å². The van der Waals surface area contributed by atoms with Crippen molar-refractivity contribution < 1.29 is 35.2 Å². The van der Waals surface area contributed by atoms with Crippen molar-refractivity contribution in [3.8, 4) is 0 Å². The summed E-state index contributed by atoms with van der Waals surface area (Å²) in [6.45, 7) is -2.12. The number of amides is 1. The molecule has 0 aromatic rings. The van der Waals surface area contributed by atoms with Gasteiger partial charge in [0.05, 0.1) is 18.8 Å². The molecule has 0 aromatic carbocycles. The molecule has 1 atom stereocenters. The summed E-state index contributed by atoms with van der Waals surface area (Å²) in [5, 5.41) is 2.44. The van der Waals surface area contributed by atoms with Gasteiger partial charge in [-0.25, -0.2) is 17.2 Å². The van der Waals surface area contributed by atoms with Crippen LogP contribution in [0.5, 0.6) is 0 Å². The number of hydrogen-bond acceptors (Lipinski definition) is 4. The Morgan fingerprint density at radius 1 is 1.27 bits per heavy atom. The number of sulfonamides is 1. The van der Waals surface area contributed by atoms with Crippen molar-refractivity contribution in [2.24, 2.45) is 0 Å². The van der Waals surface area contributed by atoms with Crippen molar-refractivity contribution >= 4 is 28.3 Å². The van der Waals surface area contributed by atoms with E-state index in [1.165, 1.54) is 4.90 Å². The molecular formula is C13H21ClF5N3O3S. The number of piperidine rings is 1. The van der Waals surface area contributed by atoms with E-state index in [0.29, 0.717) is 10.6 Å². The molecular weight excluding hydrogens is 409 g/mol. The van der Waals surface area contributed by atoms with Gasteiger partial charge in [-0.05, 0) is 12.8 Å². The Kier molecular flexibility index (Phi) is 7.27. The quantitative estimate of drug-likeness (QED) is 0.682. The molecule has 2 fully saturated rings. The first-order valence-electron chi connectivity index (χ1n) is 7.72. The molecule has 2 aliphatic rings. The van der Waals surface area contributed by atoms with Crippen LogP contribution in [0.25, 0.3) is 0 Å². The van der Waals surface area contributed by atoms with Gasteiger partial charge >= 0.3 is 6.18 Å². The Labute approximate surface area is 154 Å². The molecule has 1 amide bonds. The molecule has 2 rings (SSSR count). The zero-order valence-corrected chi connectivity index (χ0v) is 15.6. The predicted octanol–water partition coefficient (Wildman–Crippen LogP) is 1.22. The smallest absolute Gasteiger partial charge is 0.341 e. The molecule has 0 aliphatic carbocycles. The maximum absolute atomic E-state index is 13.2. The van der Waals surface area contributed by atoms with Crippen LogP contribution in [0.3, 0.4) is 0 Å². The molecule has 0 radical (unpaired) electrons. The number of hydrogen-bond donors (Lipinski definition) is 1. The van der Waals surface area contributed by atoms with Gasteiger partial charge in [-0.2, -0.15) is 17.5 Å². The van der Waals surface area contributed by atoms with Gasteiger partial charge in [0.15, 0.2) is 0 Å². The monoisotopic (exact) mass is 429 g/mol. The SMILES string of the molecule is CS(=O)(=O)N(CC(F)(F)F)C1CCN(C(=O)C2CC(F)(F)CN2)CC1.Cl. The van der Waals surface area contributed by atoms with Crippen LogP contribution in [0.15, 0.2) is 0 Å². The van der Waals surface area contributed by atoms with Gasteiger partial charge in [0.2, 0.25) is 15.9 Å². The Hall–Kier alpha value is -0.720. The second kappa shape index (κ2) is 8.11. The maximum Gasteiger partial charge on any atom is 0.402 e. The first-order chi connectivity index (χ1) is 11.3. The molecule has 26 heavy (non-hydrogen) atoms. The second-order valence-corrected chi connectivity index (χ2v) is 8.41. The highest BCUT2D eigenvalue weighted by Crippen LogP contribution is 2.28. The van der Waals surface area contributed by atoms with Crippen molar-refractivity contribution in [1.29, 1.82) is 0 Å². The summed E-state index contributed by atoms with van der Waals surface area (Å²) in [6.07, 6.45) is -4.53. The molecule has 2 heterocycles. The standard InChI is InChI=1S/C13H20F5N3O3S.ClH/c1-25(23,24)21(8-13(16,17)18)9-2-4-20(5-3-9)11(22)10-6-12(14,15)7-19-10;/h9-10,19H,2-8H2,1H3;1H. The highest BCUT2D eigenvalue weighted by Gasteiger charge is 2.45. The van der Waals surface area contributed by atoms with E-state index in [2.05, 4.69) is 5.32 Å². The fourth-order valence-corrected chi connectivity index (χ4v) is 4.31. The molecule has 0 spiro atoms. The lowest BCUT2D eigenvalue weighted by Gasteiger charge is -2.38. The van der Waals surface area contributed by atoms with Crippen LogP contribution >= 0.6 is 12.4 Å². The largest absolute Gasteiger partial charge is 0.402 e. The normalized spacial score (nSPS) is 24.6. The molecule has 2 saturated heterocycles. The lowest BCUT2D eigenvalue weighted by molar-refractivity contribution is -0.143. The third kappa shape index (κ3) is 6.17. The second-order valence-electron chi connectivity index (χ2n) is 6.47. The fraction of sp³-hybridized carbons (Fsp3) is 0.923. The Balaban J connectivity index is 0.00000338. The van der Waals surface area contributed by atoms with Crippen LogP contribution in [0.2, 0.25) is 0 Å². The van der Waals surface area contributed by atoms with Crippen LogP contribution in [0.1, 0.15) is 19.3 Å². The average molecular weight is 430 g/mol. The van der Waals surface area contributed by atoms with Gasteiger partial charge in [-0.15, -0.1) is 12.4 Å². The molecule has 13 heteroatoms. The van der Waals surface area contributed by atoms with Crippen molar-refractivity contribution in [2.75, 3.05) is 32.4 Å². The Morgan fingerprint density at radius 2 is 1.81 bits per heavy atom. The number of rotatable bonds is 4. The minimum absolute atomic E-state index is 0. The van der Waals surface area contributed by atoms with Gasteiger partial charge < -0.3 is 4.90 Å². The Morgan fingerprint density at radius 3 is 2.19 bits per heavy atom. The third-order valence-corrected chi connectivity index (χ3v) is 5.63. The summed E-state index contributed by atoms with van der Waals surface area (Å²) in [5.41, 5.74) is 0. The summed E-state index contributed by atoms with van der Waals surface area (Å²) >= 11 is 0. The molecule has 1 N–H and O–H groups in total. The van der Waals surface area contributed by atoms with E-state index in [0.717, 1.165) is 0 Å². The molecule has 1 unspecified atom stereocenters. The minimum atomic E-state index is -4.67. The van der Waals surface area contributed by atoms with Gasteiger partial charge in [0.25, 0.3) is 5.92 Å². The highest BCUT2D eigenvalue weighted by molar-refractivity contribution is 7.88. The van der Waals surface area contributed by atoms with Crippen molar-refractivity contribution in [3.05, 3.63) is 0 Å². The van der Waals surface area contributed by atoms with Crippen LogP contribution in [-0.4, -0.2) is 80.1 Å². The van der Waals surface area contributed by atoms with Gasteiger partial charge in [0, 0.05) is 25.6 Å². The number of nitrogens with one attached hydrogen (secondary N) is 1. The zero-order chi connectivity index (χ0) is 19.0. The van der Waals surface area contributed by atoms with E-state index >= 15 is 0 Å². The summed E-state index contributed by atoms with van der Waals surface area (Å²) in [6, 6.07) is -1.90. The first-order valence-corrected chi connectivity index (χ1v) is 9.57. The highest BCUT2D eigenvalue weighted by atomic mass is 35.5. The number of halogens is 6. The minimum Gasteiger partial charge on any atom is -0.341 e. The van der Waals surface area contributed by atoms with Crippen LogP contribution in [0.4, 0.5) is 22.0 Å². The Bertz CT molecular complexity index is 609. The summed E-state index contributed by atoms with van der Waals surface area (Å²) < 4.78 is 87.9. The predicted molar refractivity (Wildman–Crippen MR) is 85.8 cm³/mol. The molecule has 0 aromatic heterocycles. The van der Waals surface area contributed by atoms with E-state index in [1.54, 1.807) is 0 Å². The number of carbonyl (C=O) groups excluding carboxylic acids is 1. The summed E-state index contributed by atoms with van der Waals surface area (Å²) in [7, 11) is -4.07. The van der Waals surface area contributed by atoms with E-state index in [9.17, 15) is 35.2 Å². The zero-order valence-electron chi connectivity index (χ0n) is 13.9. The molecule has 2 aliphatic heterocycles. The number of carbonyl (C=O) groups is 1. The fourth-order valence-electron chi connectivity index (χ4n) is 3.18. The van der Waals surface area contributed by atoms with Crippen LogP contribution in [-0.2, 0) is 14.8 Å². The number of alkyl halides is 5. The van der Waals surface area contributed by atoms with E-state index in [-0.39, 0.29) is 38.3 Å². The lowest BCUT2D eigenvalue weighted by atomic mass is 10.0. The van der Waals surface area contributed by atoms with E-state index in [4.69, 9.17) is 0 Å². The molecule has 0 saturated carbocycles. The first kappa shape index (κ1) is 23.3. The number of likely N-dealkylation sites (tertiary alicyclic amines) is 1. The molecule has 154 valence electrons. The average Bonchev–Trinajstić information content (AvgIpc) is 2.82. The van der Waals surface area contributed by atoms with E-state index < -0.39 is 59.6 Å². The summed E-state index contributed by atoms with van der Waals surface area (Å²) in [4.78, 5) is 13.5. The van der Waals surface area contributed by atoms with Gasteiger partial charge in [-0.3, -0.25) is 10.1 Å². The van der Waals surface area contributed by atoms with Crippen molar-refractivity contribution in [1.82, 2.24) is 14.5 Å². The van der Waals surface area contributed by atoms with Gasteiger partial charge in [0.1, 0.15) is 6.54 Å². The van der Waals surface area contributed by atoms with Crippen molar-refractivity contribution in [2.45, 2.75) is 43.4 Å².